The molecule has 0 heterocycles. The summed E-state index contributed by atoms with van der Waals surface area (Å²) in [6, 6.07) is 8.64. The van der Waals surface area contributed by atoms with Crippen molar-refractivity contribution in [2.75, 3.05) is 7.11 Å². The molecule has 1 unspecified atom stereocenters. The second kappa shape index (κ2) is 6.20. The molecule has 2 rings (SSSR count). The van der Waals surface area contributed by atoms with Crippen LogP contribution in [0.2, 0.25) is 5.02 Å². The van der Waals surface area contributed by atoms with E-state index in [0.717, 1.165) is 17.7 Å². The van der Waals surface area contributed by atoms with Gasteiger partial charge in [0.2, 0.25) is 0 Å². The van der Waals surface area contributed by atoms with Gasteiger partial charge in [-0.2, -0.15) is 0 Å². The van der Waals surface area contributed by atoms with Crippen molar-refractivity contribution < 1.29 is 13.5 Å². The van der Waals surface area contributed by atoms with Crippen LogP contribution in [0.25, 0.3) is 0 Å². The van der Waals surface area contributed by atoms with Crippen molar-refractivity contribution in [2.45, 2.75) is 12.5 Å². The molecule has 0 aliphatic heterocycles. The first-order chi connectivity index (χ1) is 9.51. The van der Waals surface area contributed by atoms with Crippen LogP contribution in [0.3, 0.4) is 0 Å². The first-order valence-corrected chi connectivity index (χ1v) is 6.42. The lowest BCUT2D eigenvalue weighted by molar-refractivity contribution is 0.414. The van der Waals surface area contributed by atoms with Gasteiger partial charge in [0.15, 0.2) is 11.6 Å². The number of rotatable bonds is 4. The van der Waals surface area contributed by atoms with Crippen molar-refractivity contribution in [1.82, 2.24) is 0 Å². The number of hydrogen-bond acceptors (Lipinski definition) is 2. The minimum atomic E-state index is -0.872. The van der Waals surface area contributed by atoms with Gasteiger partial charge < -0.3 is 10.5 Å². The largest absolute Gasteiger partial charge is 0.495 e. The average molecular weight is 298 g/mol. The Morgan fingerprint density at radius 3 is 2.55 bits per heavy atom. The molecule has 0 aliphatic rings. The number of hydrogen-bond donors (Lipinski definition) is 1. The number of halogens is 3. The van der Waals surface area contributed by atoms with Crippen molar-refractivity contribution in [3.8, 4) is 5.75 Å². The van der Waals surface area contributed by atoms with E-state index >= 15 is 0 Å². The molecule has 0 spiro atoms. The lowest BCUT2D eigenvalue weighted by atomic mass is 9.99. The standard InChI is InChI=1S/C15H14ClF2NO/c1-20-15-8-10(3-4-11(15)16)14(19)7-9-2-5-12(17)13(18)6-9/h2-6,8,14H,7,19H2,1H3. The van der Waals surface area contributed by atoms with Gasteiger partial charge in [-0.05, 0) is 41.8 Å². The summed E-state index contributed by atoms with van der Waals surface area (Å²) in [5.74, 6) is -1.20. The van der Waals surface area contributed by atoms with E-state index in [4.69, 9.17) is 22.1 Å². The average Bonchev–Trinajstić information content (AvgIpc) is 2.43. The van der Waals surface area contributed by atoms with E-state index in [1.807, 2.05) is 0 Å². The highest BCUT2D eigenvalue weighted by Crippen LogP contribution is 2.28. The third-order valence-corrected chi connectivity index (χ3v) is 3.36. The van der Waals surface area contributed by atoms with E-state index in [0.29, 0.717) is 22.8 Å². The smallest absolute Gasteiger partial charge is 0.159 e. The molecule has 5 heteroatoms. The van der Waals surface area contributed by atoms with Crippen LogP contribution in [0, 0.1) is 11.6 Å². The molecule has 1 atom stereocenters. The fourth-order valence-electron chi connectivity index (χ4n) is 1.95. The monoisotopic (exact) mass is 297 g/mol. The molecule has 0 saturated carbocycles. The summed E-state index contributed by atoms with van der Waals surface area (Å²) in [5.41, 5.74) is 7.52. The van der Waals surface area contributed by atoms with Gasteiger partial charge in [-0.3, -0.25) is 0 Å². The zero-order valence-corrected chi connectivity index (χ0v) is 11.6. The molecule has 2 N–H and O–H groups in total. The Morgan fingerprint density at radius 2 is 1.90 bits per heavy atom. The number of ether oxygens (including phenoxy) is 1. The van der Waals surface area contributed by atoms with Gasteiger partial charge >= 0.3 is 0 Å². The van der Waals surface area contributed by atoms with E-state index in [-0.39, 0.29) is 6.04 Å². The first-order valence-electron chi connectivity index (χ1n) is 6.04. The van der Waals surface area contributed by atoms with Gasteiger partial charge in [-0.1, -0.05) is 23.7 Å². The molecular weight excluding hydrogens is 284 g/mol. The summed E-state index contributed by atoms with van der Waals surface area (Å²) in [7, 11) is 1.52. The van der Waals surface area contributed by atoms with Crippen LogP contribution in [-0.2, 0) is 6.42 Å². The highest BCUT2D eigenvalue weighted by molar-refractivity contribution is 6.32. The third-order valence-electron chi connectivity index (χ3n) is 3.04. The Bertz CT molecular complexity index is 619. The third kappa shape index (κ3) is 3.26. The summed E-state index contributed by atoms with van der Waals surface area (Å²) in [5, 5.41) is 0.497. The zero-order valence-electron chi connectivity index (χ0n) is 10.9. The maximum Gasteiger partial charge on any atom is 0.159 e. The minimum Gasteiger partial charge on any atom is -0.495 e. The van der Waals surface area contributed by atoms with Crippen LogP contribution in [0.5, 0.6) is 5.75 Å². The predicted octanol–water partition coefficient (Wildman–Crippen LogP) is 3.87. The molecule has 0 aliphatic carbocycles. The molecule has 0 saturated heterocycles. The summed E-state index contributed by atoms with van der Waals surface area (Å²) in [6.45, 7) is 0. The van der Waals surface area contributed by atoms with Crippen LogP contribution in [0.1, 0.15) is 17.2 Å². The normalized spacial score (nSPS) is 12.2. The highest BCUT2D eigenvalue weighted by Gasteiger charge is 2.11. The van der Waals surface area contributed by atoms with Crippen molar-refractivity contribution in [3.63, 3.8) is 0 Å². The molecule has 0 radical (unpaired) electrons. The molecule has 2 nitrogen and oxygen atoms in total. The van der Waals surface area contributed by atoms with Gasteiger partial charge in [0.25, 0.3) is 0 Å². The second-order valence-electron chi connectivity index (χ2n) is 4.45. The van der Waals surface area contributed by atoms with Gasteiger partial charge in [0.1, 0.15) is 5.75 Å². The highest BCUT2D eigenvalue weighted by atomic mass is 35.5. The molecule has 0 aromatic heterocycles. The summed E-state index contributed by atoms with van der Waals surface area (Å²) in [6.07, 6.45) is 0.391. The van der Waals surface area contributed by atoms with Crippen LogP contribution in [0.15, 0.2) is 36.4 Å². The maximum absolute atomic E-state index is 13.2. The van der Waals surface area contributed by atoms with E-state index < -0.39 is 11.6 Å². The van der Waals surface area contributed by atoms with Gasteiger partial charge in [0.05, 0.1) is 12.1 Å². The van der Waals surface area contributed by atoms with E-state index in [2.05, 4.69) is 0 Å². The van der Waals surface area contributed by atoms with Gasteiger partial charge in [-0.15, -0.1) is 0 Å². The molecule has 20 heavy (non-hydrogen) atoms. The van der Waals surface area contributed by atoms with Crippen molar-refractivity contribution in [3.05, 3.63) is 64.2 Å². The first kappa shape index (κ1) is 14.8. The fraction of sp³-hybridized carbons (Fsp3) is 0.200. The maximum atomic E-state index is 13.2. The van der Waals surface area contributed by atoms with Gasteiger partial charge in [0, 0.05) is 6.04 Å². The SMILES string of the molecule is COc1cc(C(N)Cc2ccc(F)c(F)c2)ccc1Cl. The van der Waals surface area contributed by atoms with Crippen LogP contribution >= 0.6 is 11.6 Å². The molecule has 2 aromatic rings. The Balaban J connectivity index is 2.19. The Morgan fingerprint density at radius 1 is 1.15 bits per heavy atom. The Hall–Kier alpha value is -1.65. The molecular formula is C15H14ClF2NO. The Kier molecular flexibility index (Phi) is 4.57. The molecule has 106 valence electrons. The number of benzene rings is 2. The van der Waals surface area contributed by atoms with E-state index in [1.54, 1.807) is 18.2 Å². The van der Waals surface area contributed by atoms with Crippen LogP contribution < -0.4 is 10.5 Å². The van der Waals surface area contributed by atoms with Gasteiger partial charge in [-0.25, -0.2) is 8.78 Å². The molecule has 0 fully saturated rings. The minimum absolute atomic E-state index is 0.356. The van der Waals surface area contributed by atoms with Crippen LogP contribution in [0.4, 0.5) is 8.78 Å². The molecule has 0 bridgehead atoms. The van der Waals surface area contributed by atoms with Crippen molar-refractivity contribution in [2.24, 2.45) is 5.73 Å². The van der Waals surface area contributed by atoms with E-state index in [1.165, 1.54) is 13.2 Å². The molecule has 2 aromatic carbocycles. The molecule has 0 amide bonds. The van der Waals surface area contributed by atoms with Crippen LogP contribution in [-0.4, -0.2) is 7.11 Å². The topological polar surface area (TPSA) is 35.2 Å². The second-order valence-corrected chi connectivity index (χ2v) is 4.86. The summed E-state index contributed by atoms with van der Waals surface area (Å²) < 4.78 is 31.1. The predicted molar refractivity (Wildman–Crippen MR) is 75.0 cm³/mol. The van der Waals surface area contributed by atoms with E-state index in [9.17, 15) is 8.78 Å². The summed E-state index contributed by atoms with van der Waals surface area (Å²) in [4.78, 5) is 0. The summed E-state index contributed by atoms with van der Waals surface area (Å²) >= 11 is 5.94. The lowest BCUT2D eigenvalue weighted by Gasteiger charge is -2.14. The number of nitrogens with two attached hydrogens (primary N) is 1. The Labute approximate surface area is 121 Å². The van der Waals surface area contributed by atoms with Crippen molar-refractivity contribution >= 4 is 11.6 Å². The zero-order chi connectivity index (χ0) is 14.7. The number of methoxy groups -OCH3 is 1. The fourth-order valence-corrected chi connectivity index (χ4v) is 2.14. The quantitative estimate of drug-likeness (QED) is 0.930. The van der Waals surface area contributed by atoms with Crippen molar-refractivity contribution in [1.29, 1.82) is 0 Å². The lowest BCUT2D eigenvalue weighted by Crippen LogP contribution is -2.13.